The van der Waals surface area contributed by atoms with Gasteiger partial charge in [0.05, 0.1) is 0 Å². The van der Waals surface area contributed by atoms with Crippen LogP contribution in [0, 0.1) is 0 Å². The maximum atomic E-state index is 12.0. The number of hydrogen-bond donors (Lipinski definition) is 1. The number of rotatable bonds is 5. The summed E-state index contributed by atoms with van der Waals surface area (Å²) in [7, 11) is 0. The quantitative estimate of drug-likeness (QED) is 0.896. The maximum absolute atomic E-state index is 12.0. The SMILES string of the molecule is NC1CCCN(Cc2ccc(OCC(=O)N3CCCC3)cc2)CC1. The molecule has 2 aliphatic rings. The molecule has 1 amide bonds. The van der Waals surface area contributed by atoms with E-state index in [1.807, 2.05) is 17.0 Å². The molecule has 0 aromatic heterocycles. The third-order valence-corrected chi connectivity index (χ3v) is 5.02. The number of likely N-dealkylation sites (tertiary alicyclic amines) is 2. The van der Waals surface area contributed by atoms with Crippen LogP contribution in [-0.4, -0.2) is 54.5 Å². The second kappa shape index (κ2) is 8.49. The monoisotopic (exact) mass is 331 g/mol. The molecule has 1 aromatic carbocycles. The van der Waals surface area contributed by atoms with E-state index in [2.05, 4.69) is 17.0 Å². The highest BCUT2D eigenvalue weighted by Crippen LogP contribution is 2.17. The van der Waals surface area contributed by atoms with Crippen LogP contribution in [0.3, 0.4) is 0 Å². The molecule has 2 saturated heterocycles. The Hall–Kier alpha value is -1.59. The molecule has 5 nitrogen and oxygen atoms in total. The van der Waals surface area contributed by atoms with Crippen molar-refractivity contribution in [3.63, 3.8) is 0 Å². The number of nitrogens with two attached hydrogens (primary N) is 1. The minimum absolute atomic E-state index is 0.0949. The molecule has 0 aliphatic carbocycles. The highest BCUT2D eigenvalue weighted by atomic mass is 16.5. The molecular weight excluding hydrogens is 302 g/mol. The van der Waals surface area contributed by atoms with Crippen molar-refractivity contribution in [1.82, 2.24) is 9.80 Å². The first kappa shape index (κ1) is 17.2. The van der Waals surface area contributed by atoms with Crippen molar-refractivity contribution >= 4 is 5.91 Å². The van der Waals surface area contributed by atoms with Crippen LogP contribution in [0.5, 0.6) is 5.75 Å². The average Bonchev–Trinajstić information content (AvgIpc) is 3.06. The first-order valence-electron chi connectivity index (χ1n) is 9.18. The molecule has 5 heteroatoms. The molecule has 2 fully saturated rings. The summed E-state index contributed by atoms with van der Waals surface area (Å²) in [5.74, 6) is 0.863. The van der Waals surface area contributed by atoms with Gasteiger partial charge in [-0.05, 0) is 62.9 Å². The van der Waals surface area contributed by atoms with E-state index in [-0.39, 0.29) is 12.5 Å². The fourth-order valence-corrected chi connectivity index (χ4v) is 3.49. The molecule has 0 saturated carbocycles. The van der Waals surface area contributed by atoms with Crippen molar-refractivity contribution in [2.24, 2.45) is 5.73 Å². The lowest BCUT2D eigenvalue weighted by Crippen LogP contribution is -2.32. The zero-order valence-corrected chi connectivity index (χ0v) is 14.5. The molecule has 132 valence electrons. The molecule has 0 radical (unpaired) electrons. The van der Waals surface area contributed by atoms with Crippen LogP contribution >= 0.6 is 0 Å². The van der Waals surface area contributed by atoms with E-state index in [0.717, 1.165) is 64.2 Å². The molecule has 2 heterocycles. The van der Waals surface area contributed by atoms with Crippen molar-refractivity contribution < 1.29 is 9.53 Å². The highest BCUT2D eigenvalue weighted by molar-refractivity contribution is 5.78. The lowest BCUT2D eigenvalue weighted by Gasteiger charge is -2.20. The summed E-state index contributed by atoms with van der Waals surface area (Å²) in [6.07, 6.45) is 5.62. The van der Waals surface area contributed by atoms with Gasteiger partial charge in [-0.1, -0.05) is 12.1 Å². The summed E-state index contributed by atoms with van der Waals surface area (Å²) in [6, 6.07) is 8.49. The van der Waals surface area contributed by atoms with Gasteiger partial charge in [-0.15, -0.1) is 0 Å². The molecule has 1 unspecified atom stereocenters. The van der Waals surface area contributed by atoms with Crippen molar-refractivity contribution in [3.8, 4) is 5.75 Å². The molecule has 1 atom stereocenters. The lowest BCUT2D eigenvalue weighted by atomic mass is 10.1. The molecule has 24 heavy (non-hydrogen) atoms. The largest absolute Gasteiger partial charge is 0.484 e. The van der Waals surface area contributed by atoms with Gasteiger partial charge in [0.1, 0.15) is 5.75 Å². The maximum Gasteiger partial charge on any atom is 0.260 e. The van der Waals surface area contributed by atoms with Gasteiger partial charge in [0, 0.05) is 25.7 Å². The molecule has 3 rings (SSSR count). The summed E-state index contributed by atoms with van der Waals surface area (Å²) in [4.78, 5) is 16.4. The standard InChI is InChI=1S/C19H29N3O2/c20-17-4-3-10-21(13-9-17)14-16-5-7-18(8-6-16)24-15-19(23)22-11-1-2-12-22/h5-8,17H,1-4,9-15,20H2. The average molecular weight is 331 g/mol. The van der Waals surface area contributed by atoms with Crippen LogP contribution in [0.2, 0.25) is 0 Å². The van der Waals surface area contributed by atoms with Crippen molar-refractivity contribution in [3.05, 3.63) is 29.8 Å². The third kappa shape index (κ3) is 4.95. The van der Waals surface area contributed by atoms with Crippen LogP contribution in [-0.2, 0) is 11.3 Å². The predicted octanol–water partition coefficient (Wildman–Crippen LogP) is 2.00. The molecular formula is C19H29N3O2. The Labute approximate surface area is 144 Å². The fourth-order valence-electron chi connectivity index (χ4n) is 3.49. The summed E-state index contributed by atoms with van der Waals surface area (Å²) >= 11 is 0. The number of hydrogen-bond acceptors (Lipinski definition) is 4. The highest BCUT2D eigenvalue weighted by Gasteiger charge is 2.18. The number of nitrogens with zero attached hydrogens (tertiary/aromatic N) is 2. The van der Waals surface area contributed by atoms with E-state index in [1.165, 1.54) is 12.0 Å². The Balaban J connectivity index is 1.45. The zero-order chi connectivity index (χ0) is 16.8. The van der Waals surface area contributed by atoms with E-state index >= 15 is 0 Å². The minimum atomic E-state index is 0.0949. The van der Waals surface area contributed by atoms with Gasteiger partial charge >= 0.3 is 0 Å². The van der Waals surface area contributed by atoms with Crippen LogP contribution in [0.4, 0.5) is 0 Å². The van der Waals surface area contributed by atoms with Gasteiger partial charge in [-0.2, -0.15) is 0 Å². The van der Waals surface area contributed by atoms with Crippen LogP contribution in [0.25, 0.3) is 0 Å². The zero-order valence-electron chi connectivity index (χ0n) is 14.5. The first-order valence-corrected chi connectivity index (χ1v) is 9.18. The fraction of sp³-hybridized carbons (Fsp3) is 0.632. The predicted molar refractivity (Wildman–Crippen MR) is 94.9 cm³/mol. The lowest BCUT2D eigenvalue weighted by molar-refractivity contribution is -0.132. The second-order valence-corrected chi connectivity index (χ2v) is 6.99. The van der Waals surface area contributed by atoms with Crippen molar-refractivity contribution in [2.75, 3.05) is 32.8 Å². The molecule has 2 N–H and O–H groups in total. The Morgan fingerprint density at radius 3 is 2.54 bits per heavy atom. The summed E-state index contributed by atoms with van der Waals surface area (Å²) in [5.41, 5.74) is 7.32. The smallest absolute Gasteiger partial charge is 0.260 e. The van der Waals surface area contributed by atoms with Gasteiger partial charge in [-0.25, -0.2) is 0 Å². The summed E-state index contributed by atoms with van der Waals surface area (Å²) in [6.45, 7) is 5.05. The van der Waals surface area contributed by atoms with Gasteiger partial charge < -0.3 is 15.4 Å². The molecule has 0 bridgehead atoms. The third-order valence-electron chi connectivity index (χ3n) is 5.02. The Bertz CT molecular complexity index is 526. The summed E-state index contributed by atoms with van der Waals surface area (Å²) in [5, 5.41) is 0. The molecule has 2 aliphatic heterocycles. The van der Waals surface area contributed by atoms with Gasteiger partial charge in [0.15, 0.2) is 6.61 Å². The van der Waals surface area contributed by atoms with Crippen LogP contribution < -0.4 is 10.5 Å². The number of ether oxygens (including phenoxy) is 1. The van der Waals surface area contributed by atoms with E-state index in [9.17, 15) is 4.79 Å². The van der Waals surface area contributed by atoms with E-state index in [4.69, 9.17) is 10.5 Å². The second-order valence-electron chi connectivity index (χ2n) is 6.99. The number of carbonyl (C=O) groups is 1. The van der Waals surface area contributed by atoms with Crippen LogP contribution in [0.15, 0.2) is 24.3 Å². The minimum Gasteiger partial charge on any atom is -0.484 e. The normalized spacial score (nSPS) is 22.4. The van der Waals surface area contributed by atoms with Crippen molar-refractivity contribution in [1.29, 1.82) is 0 Å². The number of benzene rings is 1. The molecule has 0 spiro atoms. The number of carbonyl (C=O) groups excluding carboxylic acids is 1. The number of amides is 1. The van der Waals surface area contributed by atoms with Gasteiger partial charge in [0.25, 0.3) is 5.91 Å². The van der Waals surface area contributed by atoms with Gasteiger partial charge in [-0.3, -0.25) is 9.69 Å². The van der Waals surface area contributed by atoms with E-state index in [0.29, 0.717) is 6.04 Å². The molecule has 1 aromatic rings. The Kier molecular flexibility index (Phi) is 6.10. The van der Waals surface area contributed by atoms with Gasteiger partial charge in [0.2, 0.25) is 0 Å². The van der Waals surface area contributed by atoms with E-state index < -0.39 is 0 Å². The van der Waals surface area contributed by atoms with E-state index in [1.54, 1.807) is 0 Å². The van der Waals surface area contributed by atoms with Crippen LogP contribution in [0.1, 0.15) is 37.7 Å². The topological polar surface area (TPSA) is 58.8 Å². The first-order chi connectivity index (χ1) is 11.7. The Morgan fingerprint density at radius 2 is 1.79 bits per heavy atom. The van der Waals surface area contributed by atoms with Crippen molar-refractivity contribution in [2.45, 2.75) is 44.7 Å². The Morgan fingerprint density at radius 1 is 1.04 bits per heavy atom. The summed E-state index contributed by atoms with van der Waals surface area (Å²) < 4.78 is 5.64.